The maximum absolute atomic E-state index is 11.9. The first-order valence-electron chi connectivity index (χ1n) is 5.14. The molecule has 2 N–H and O–H groups in total. The zero-order valence-electron chi connectivity index (χ0n) is 8.46. The molecule has 2 rings (SSSR count). The molecule has 0 amide bonds. The molecule has 0 radical (unpaired) electrons. The van der Waals surface area contributed by atoms with E-state index < -0.39 is 0 Å². The molecule has 1 aromatic heterocycles. The van der Waals surface area contributed by atoms with Crippen LogP contribution in [-0.4, -0.2) is 12.3 Å². The summed E-state index contributed by atoms with van der Waals surface area (Å²) in [5.74, 6) is 0.192. The number of rotatable bonds is 4. The number of carbonyl (C=O) groups is 1. The molecule has 0 aromatic carbocycles. The Morgan fingerprint density at radius 2 is 2.27 bits per heavy atom. The van der Waals surface area contributed by atoms with E-state index in [1.807, 2.05) is 0 Å². The van der Waals surface area contributed by atoms with Crippen LogP contribution in [-0.2, 0) is 0 Å². The van der Waals surface area contributed by atoms with Crippen LogP contribution in [0.15, 0.2) is 12.1 Å². The summed E-state index contributed by atoms with van der Waals surface area (Å²) >= 11 is 7.16. The van der Waals surface area contributed by atoms with E-state index in [0.717, 1.165) is 17.7 Å². The molecule has 1 saturated carbocycles. The van der Waals surface area contributed by atoms with Gasteiger partial charge in [-0.2, -0.15) is 0 Å². The second-order valence-corrected chi connectivity index (χ2v) is 5.98. The molecule has 2 nitrogen and oxygen atoms in total. The summed E-state index contributed by atoms with van der Waals surface area (Å²) in [4.78, 5) is 12.7. The third kappa shape index (κ3) is 2.25. The van der Waals surface area contributed by atoms with Crippen LogP contribution < -0.4 is 5.73 Å². The third-order valence-corrected chi connectivity index (χ3v) is 4.50. The normalized spacial score (nSPS) is 18.5. The zero-order valence-corrected chi connectivity index (χ0v) is 10.0. The van der Waals surface area contributed by atoms with Crippen LogP contribution in [0.25, 0.3) is 0 Å². The summed E-state index contributed by atoms with van der Waals surface area (Å²) in [5.41, 5.74) is 5.82. The molecule has 82 valence electrons. The van der Waals surface area contributed by atoms with Gasteiger partial charge >= 0.3 is 0 Å². The second kappa shape index (κ2) is 4.24. The molecular weight excluding hydrogens is 230 g/mol. The molecule has 0 saturated heterocycles. The van der Waals surface area contributed by atoms with Gasteiger partial charge in [-0.3, -0.25) is 4.79 Å². The van der Waals surface area contributed by atoms with Gasteiger partial charge in [0.05, 0.1) is 9.21 Å². The summed E-state index contributed by atoms with van der Waals surface area (Å²) in [6.07, 6.45) is 3.97. The maximum atomic E-state index is 11.9. The zero-order chi connectivity index (χ0) is 10.9. The molecule has 1 aliphatic carbocycles. The van der Waals surface area contributed by atoms with Crippen LogP contribution in [0.2, 0.25) is 4.34 Å². The van der Waals surface area contributed by atoms with E-state index in [9.17, 15) is 4.79 Å². The first kappa shape index (κ1) is 11.1. The van der Waals surface area contributed by atoms with Crippen molar-refractivity contribution >= 4 is 28.7 Å². The molecule has 0 aliphatic heterocycles. The van der Waals surface area contributed by atoms with Crippen molar-refractivity contribution in [2.45, 2.75) is 25.7 Å². The standard InChI is InChI=1S/C11H14ClNOS/c12-10-3-2-9(15-10)8(14)6-11(7-13)4-1-5-11/h2-3H,1,4-7,13H2. The van der Waals surface area contributed by atoms with Crippen LogP contribution in [0, 0.1) is 5.41 Å². The highest BCUT2D eigenvalue weighted by molar-refractivity contribution is 7.18. The molecule has 0 bridgehead atoms. The SMILES string of the molecule is NCC1(CC(=O)c2ccc(Cl)s2)CCC1. The van der Waals surface area contributed by atoms with Crippen LogP contribution >= 0.6 is 22.9 Å². The number of carbonyl (C=O) groups excluding carboxylic acids is 1. The summed E-state index contributed by atoms with van der Waals surface area (Å²) in [6, 6.07) is 3.58. The Morgan fingerprint density at radius 3 is 2.67 bits per heavy atom. The molecule has 1 heterocycles. The number of hydrogen-bond donors (Lipinski definition) is 1. The van der Waals surface area contributed by atoms with Crippen molar-refractivity contribution in [1.29, 1.82) is 0 Å². The lowest BCUT2D eigenvalue weighted by Crippen LogP contribution is -2.39. The van der Waals surface area contributed by atoms with E-state index in [-0.39, 0.29) is 11.2 Å². The van der Waals surface area contributed by atoms with E-state index in [1.54, 1.807) is 12.1 Å². The van der Waals surface area contributed by atoms with Crippen molar-refractivity contribution in [2.24, 2.45) is 11.1 Å². The number of hydrogen-bond acceptors (Lipinski definition) is 3. The Balaban J connectivity index is 2.03. The molecule has 15 heavy (non-hydrogen) atoms. The van der Waals surface area contributed by atoms with E-state index in [2.05, 4.69) is 0 Å². The molecule has 0 atom stereocenters. The highest BCUT2D eigenvalue weighted by Crippen LogP contribution is 2.44. The summed E-state index contributed by atoms with van der Waals surface area (Å²) in [6.45, 7) is 0.623. The number of nitrogens with two attached hydrogens (primary N) is 1. The van der Waals surface area contributed by atoms with Crippen molar-refractivity contribution in [3.63, 3.8) is 0 Å². The number of halogens is 1. The third-order valence-electron chi connectivity index (χ3n) is 3.23. The summed E-state index contributed by atoms with van der Waals surface area (Å²) in [5, 5.41) is 0. The molecular formula is C11H14ClNOS. The predicted molar refractivity (Wildman–Crippen MR) is 63.6 cm³/mol. The Bertz CT molecular complexity index is 365. The van der Waals surface area contributed by atoms with Gasteiger partial charge in [0.2, 0.25) is 0 Å². The Kier molecular flexibility index (Phi) is 3.14. The fraction of sp³-hybridized carbons (Fsp3) is 0.545. The molecule has 4 heteroatoms. The van der Waals surface area contributed by atoms with Gasteiger partial charge < -0.3 is 5.73 Å². The van der Waals surface area contributed by atoms with Crippen LogP contribution in [0.5, 0.6) is 0 Å². The van der Waals surface area contributed by atoms with Crippen LogP contribution in [0.3, 0.4) is 0 Å². The van der Waals surface area contributed by atoms with E-state index >= 15 is 0 Å². The summed E-state index contributed by atoms with van der Waals surface area (Å²) < 4.78 is 0.675. The lowest BCUT2D eigenvalue weighted by Gasteiger charge is -2.40. The Morgan fingerprint density at radius 1 is 1.53 bits per heavy atom. The Hall–Kier alpha value is -0.380. The average Bonchev–Trinajstić information content (AvgIpc) is 2.58. The lowest BCUT2D eigenvalue weighted by molar-refractivity contribution is 0.0790. The summed E-state index contributed by atoms with van der Waals surface area (Å²) in [7, 11) is 0. The second-order valence-electron chi connectivity index (χ2n) is 4.26. The number of ketones is 1. The molecule has 0 unspecified atom stereocenters. The molecule has 1 fully saturated rings. The van der Waals surface area contributed by atoms with Gasteiger partial charge in [-0.1, -0.05) is 18.0 Å². The van der Waals surface area contributed by atoms with Gasteiger partial charge in [-0.05, 0) is 36.9 Å². The lowest BCUT2D eigenvalue weighted by atomic mass is 9.66. The van der Waals surface area contributed by atoms with Crippen LogP contribution in [0.1, 0.15) is 35.4 Å². The van der Waals surface area contributed by atoms with Gasteiger partial charge in [0.25, 0.3) is 0 Å². The topological polar surface area (TPSA) is 43.1 Å². The van der Waals surface area contributed by atoms with Gasteiger partial charge in [0, 0.05) is 6.42 Å². The molecule has 0 spiro atoms. The average molecular weight is 244 g/mol. The fourth-order valence-electron chi connectivity index (χ4n) is 2.02. The van der Waals surface area contributed by atoms with Crippen molar-refractivity contribution in [3.05, 3.63) is 21.3 Å². The van der Waals surface area contributed by atoms with Crippen molar-refractivity contribution < 1.29 is 4.79 Å². The molecule has 1 aliphatic rings. The Labute approximate surface area is 98.4 Å². The minimum atomic E-state index is 0.0908. The van der Waals surface area contributed by atoms with E-state index in [4.69, 9.17) is 17.3 Å². The van der Waals surface area contributed by atoms with Crippen molar-refractivity contribution in [1.82, 2.24) is 0 Å². The van der Waals surface area contributed by atoms with E-state index in [1.165, 1.54) is 17.8 Å². The minimum absolute atomic E-state index is 0.0908. The first-order valence-corrected chi connectivity index (χ1v) is 6.33. The smallest absolute Gasteiger partial charge is 0.173 e. The first-order chi connectivity index (χ1) is 7.15. The van der Waals surface area contributed by atoms with Gasteiger partial charge in [-0.25, -0.2) is 0 Å². The quantitative estimate of drug-likeness (QED) is 0.826. The monoisotopic (exact) mass is 243 g/mol. The highest BCUT2D eigenvalue weighted by Gasteiger charge is 2.37. The van der Waals surface area contributed by atoms with Crippen LogP contribution in [0.4, 0.5) is 0 Å². The van der Waals surface area contributed by atoms with Gasteiger partial charge in [0.1, 0.15) is 0 Å². The number of thiophene rings is 1. The van der Waals surface area contributed by atoms with Crippen molar-refractivity contribution in [2.75, 3.05) is 6.54 Å². The number of Topliss-reactive ketones (excluding diaryl/α,β-unsaturated/α-hetero) is 1. The fourth-order valence-corrected chi connectivity index (χ4v) is 3.00. The minimum Gasteiger partial charge on any atom is -0.330 e. The maximum Gasteiger partial charge on any atom is 0.173 e. The van der Waals surface area contributed by atoms with Gasteiger partial charge in [0.15, 0.2) is 5.78 Å². The van der Waals surface area contributed by atoms with Gasteiger partial charge in [-0.15, -0.1) is 11.3 Å². The largest absolute Gasteiger partial charge is 0.330 e. The predicted octanol–water partition coefficient (Wildman–Crippen LogP) is 3.10. The van der Waals surface area contributed by atoms with E-state index in [0.29, 0.717) is 17.3 Å². The molecule has 1 aromatic rings. The highest BCUT2D eigenvalue weighted by atomic mass is 35.5. The van der Waals surface area contributed by atoms with Crippen molar-refractivity contribution in [3.8, 4) is 0 Å².